The fourth-order valence-electron chi connectivity index (χ4n) is 1.68. The lowest BCUT2D eigenvalue weighted by Crippen LogP contribution is -2.45. The smallest absolute Gasteiger partial charge is 0.341 e. The van der Waals surface area contributed by atoms with E-state index in [2.05, 4.69) is 16.0 Å². The number of amides is 3. The van der Waals surface area contributed by atoms with Crippen LogP contribution in [0.4, 0.5) is 9.80 Å². The molecule has 0 fully saturated rings. The lowest BCUT2D eigenvalue weighted by Gasteiger charge is -2.13. The first kappa shape index (κ1) is 17.0. The average molecular weight is 313 g/mol. The Hall–Kier alpha value is -2.09. The standard InChI is InChI=1S/C13H19N3O4S/c1-6-8(3)21-11(9(6)12(18)20-5)16-13(19)15-7(2)10(17)14-4/h7H,1-5H3,(H,14,17)(H2,15,16,19)/t7-/m0/s1. The van der Waals surface area contributed by atoms with Crippen LogP contribution in [0.3, 0.4) is 0 Å². The molecule has 1 aromatic rings. The Bertz CT molecular complexity index is 568. The average Bonchev–Trinajstić information content (AvgIpc) is 2.71. The second-order valence-electron chi connectivity index (χ2n) is 4.41. The van der Waals surface area contributed by atoms with E-state index in [9.17, 15) is 14.4 Å². The van der Waals surface area contributed by atoms with Crippen molar-refractivity contribution in [3.8, 4) is 0 Å². The fourth-order valence-corrected chi connectivity index (χ4v) is 2.72. The Balaban J connectivity index is 2.88. The Labute approximate surface area is 127 Å². The zero-order valence-electron chi connectivity index (χ0n) is 12.6. The summed E-state index contributed by atoms with van der Waals surface area (Å²) in [6.07, 6.45) is 0. The predicted molar refractivity (Wildman–Crippen MR) is 80.8 cm³/mol. The minimum Gasteiger partial charge on any atom is -0.465 e. The van der Waals surface area contributed by atoms with Crippen LogP contribution in [-0.2, 0) is 9.53 Å². The van der Waals surface area contributed by atoms with Crippen molar-refractivity contribution < 1.29 is 19.1 Å². The van der Waals surface area contributed by atoms with Gasteiger partial charge in [0.25, 0.3) is 0 Å². The summed E-state index contributed by atoms with van der Waals surface area (Å²) in [6.45, 7) is 5.20. The van der Waals surface area contributed by atoms with Gasteiger partial charge in [0.15, 0.2) is 0 Å². The molecular formula is C13H19N3O4S. The van der Waals surface area contributed by atoms with Gasteiger partial charge in [-0.1, -0.05) is 0 Å². The fraction of sp³-hybridized carbons (Fsp3) is 0.462. The van der Waals surface area contributed by atoms with Gasteiger partial charge in [-0.05, 0) is 26.3 Å². The van der Waals surface area contributed by atoms with E-state index in [1.807, 2.05) is 6.92 Å². The Morgan fingerprint density at radius 1 is 1.24 bits per heavy atom. The minimum atomic E-state index is -0.682. The van der Waals surface area contributed by atoms with Crippen molar-refractivity contribution in [2.24, 2.45) is 0 Å². The SMILES string of the molecule is CNC(=O)[C@H](C)NC(=O)Nc1sc(C)c(C)c1C(=O)OC. The molecule has 1 rings (SSSR count). The maximum absolute atomic E-state index is 11.9. The van der Waals surface area contributed by atoms with Crippen LogP contribution < -0.4 is 16.0 Å². The molecule has 0 spiro atoms. The highest BCUT2D eigenvalue weighted by Crippen LogP contribution is 2.32. The van der Waals surface area contributed by atoms with Gasteiger partial charge in [0, 0.05) is 11.9 Å². The molecule has 1 heterocycles. The van der Waals surface area contributed by atoms with E-state index in [1.165, 1.54) is 25.5 Å². The van der Waals surface area contributed by atoms with E-state index in [0.29, 0.717) is 10.6 Å². The number of thiophene rings is 1. The summed E-state index contributed by atoms with van der Waals surface area (Å²) >= 11 is 1.28. The van der Waals surface area contributed by atoms with Crippen molar-refractivity contribution in [2.75, 3.05) is 19.5 Å². The summed E-state index contributed by atoms with van der Waals surface area (Å²) in [7, 11) is 2.77. The third kappa shape index (κ3) is 3.94. The highest BCUT2D eigenvalue weighted by atomic mass is 32.1. The van der Waals surface area contributed by atoms with Crippen molar-refractivity contribution >= 4 is 34.2 Å². The minimum absolute atomic E-state index is 0.308. The van der Waals surface area contributed by atoms with Crippen LogP contribution in [0.1, 0.15) is 27.7 Å². The van der Waals surface area contributed by atoms with E-state index in [0.717, 1.165) is 10.4 Å². The molecular weight excluding hydrogens is 294 g/mol. The third-order valence-electron chi connectivity index (χ3n) is 2.99. The van der Waals surface area contributed by atoms with Crippen molar-refractivity contribution in [2.45, 2.75) is 26.8 Å². The lowest BCUT2D eigenvalue weighted by atomic mass is 10.1. The van der Waals surface area contributed by atoms with E-state index in [1.54, 1.807) is 13.8 Å². The quantitative estimate of drug-likeness (QED) is 0.732. The largest absolute Gasteiger partial charge is 0.465 e. The molecule has 0 aromatic carbocycles. The van der Waals surface area contributed by atoms with E-state index >= 15 is 0 Å². The molecule has 116 valence electrons. The maximum Gasteiger partial charge on any atom is 0.341 e. The van der Waals surface area contributed by atoms with Crippen molar-refractivity contribution in [3.63, 3.8) is 0 Å². The number of esters is 1. The van der Waals surface area contributed by atoms with Crippen molar-refractivity contribution in [3.05, 3.63) is 16.0 Å². The molecule has 21 heavy (non-hydrogen) atoms. The van der Waals surface area contributed by atoms with E-state index in [4.69, 9.17) is 4.74 Å². The molecule has 0 aliphatic carbocycles. The second-order valence-corrected chi connectivity index (χ2v) is 5.64. The van der Waals surface area contributed by atoms with Crippen LogP contribution in [0.25, 0.3) is 0 Å². The van der Waals surface area contributed by atoms with Crippen LogP contribution >= 0.6 is 11.3 Å². The van der Waals surface area contributed by atoms with Crippen molar-refractivity contribution in [1.29, 1.82) is 0 Å². The van der Waals surface area contributed by atoms with Crippen LogP contribution in [-0.4, -0.2) is 38.1 Å². The molecule has 3 N–H and O–H groups in total. The van der Waals surface area contributed by atoms with Gasteiger partial charge in [0.2, 0.25) is 5.91 Å². The van der Waals surface area contributed by atoms with Gasteiger partial charge in [0.1, 0.15) is 11.0 Å². The summed E-state index contributed by atoms with van der Waals surface area (Å²) in [5.41, 5.74) is 1.10. The van der Waals surface area contributed by atoms with Crippen molar-refractivity contribution in [1.82, 2.24) is 10.6 Å². The molecule has 3 amide bonds. The Morgan fingerprint density at radius 3 is 2.38 bits per heavy atom. The first-order valence-corrected chi connectivity index (χ1v) is 7.10. The molecule has 0 saturated heterocycles. The zero-order valence-corrected chi connectivity index (χ0v) is 13.4. The maximum atomic E-state index is 11.9. The zero-order chi connectivity index (χ0) is 16.2. The number of likely N-dealkylation sites (N-methyl/N-ethyl adjacent to an activating group) is 1. The molecule has 1 aromatic heterocycles. The number of anilines is 1. The Kier molecular flexibility index (Phi) is 5.71. The number of hydrogen-bond acceptors (Lipinski definition) is 5. The van der Waals surface area contributed by atoms with Crippen LogP contribution in [0.2, 0.25) is 0 Å². The Morgan fingerprint density at radius 2 is 1.86 bits per heavy atom. The molecule has 0 unspecified atom stereocenters. The highest BCUT2D eigenvalue weighted by Gasteiger charge is 2.22. The number of rotatable bonds is 4. The molecule has 8 heteroatoms. The normalized spacial score (nSPS) is 11.5. The number of hydrogen-bond donors (Lipinski definition) is 3. The van der Waals surface area contributed by atoms with Gasteiger partial charge in [-0.3, -0.25) is 10.1 Å². The molecule has 0 aliphatic rings. The van der Waals surface area contributed by atoms with Gasteiger partial charge >= 0.3 is 12.0 Å². The predicted octanol–water partition coefficient (Wildman–Crippen LogP) is 1.41. The number of ether oxygens (including phenoxy) is 1. The number of urea groups is 1. The summed E-state index contributed by atoms with van der Waals surface area (Å²) < 4.78 is 4.72. The third-order valence-corrected chi connectivity index (χ3v) is 4.11. The molecule has 0 bridgehead atoms. The number of aryl methyl sites for hydroxylation is 1. The second kappa shape index (κ2) is 7.07. The van der Waals surface area contributed by atoms with Gasteiger partial charge in [-0.2, -0.15) is 0 Å². The number of methoxy groups -OCH3 is 1. The summed E-state index contributed by atoms with van der Waals surface area (Å²) in [4.78, 5) is 35.9. The molecule has 7 nitrogen and oxygen atoms in total. The number of carbonyl (C=O) groups excluding carboxylic acids is 3. The highest BCUT2D eigenvalue weighted by molar-refractivity contribution is 7.16. The van der Waals surface area contributed by atoms with Crippen LogP contribution in [0.15, 0.2) is 0 Å². The van der Waals surface area contributed by atoms with Gasteiger partial charge in [-0.25, -0.2) is 9.59 Å². The first-order chi connectivity index (χ1) is 9.81. The molecule has 0 saturated carbocycles. The van der Waals surface area contributed by atoms with Gasteiger partial charge in [-0.15, -0.1) is 11.3 Å². The van der Waals surface area contributed by atoms with E-state index < -0.39 is 18.0 Å². The van der Waals surface area contributed by atoms with E-state index in [-0.39, 0.29) is 5.91 Å². The summed E-state index contributed by atoms with van der Waals surface area (Å²) in [5.74, 6) is -0.816. The summed E-state index contributed by atoms with van der Waals surface area (Å²) in [5, 5.41) is 7.90. The number of carbonyl (C=O) groups is 3. The van der Waals surface area contributed by atoms with Crippen LogP contribution in [0, 0.1) is 13.8 Å². The van der Waals surface area contributed by atoms with Gasteiger partial charge < -0.3 is 15.4 Å². The first-order valence-electron chi connectivity index (χ1n) is 6.29. The lowest BCUT2D eigenvalue weighted by molar-refractivity contribution is -0.122. The molecule has 0 radical (unpaired) electrons. The molecule has 0 aliphatic heterocycles. The number of nitrogens with one attached hydrogen (secondary N) is 3. The van der Waals surface area contributed by atoms with Gasteiger partial charge in [0.05, 0.1) is 12.7 Å². The molecule has 1 atom stereocenters. The summed E-state index contributed by atoms with van der Waals surface area (Å²) in [6, 6.07) is -1.24. The monoisotopic (exact) mass is 313 g/mol. The van der Waals surface area contributed by atoms with Crippen LogP contribution in [0.5, 0.6) is 0 Å². The topological polar surface area (TPSA) is 96.5 Å².